The van der Waals surface area contributed by atoms with Gasteiger partial charge >= 0.3 is 0 Å². The molecule has 2 aliphatic heterocycles. The number of hydrogen-bond donors (Lipinski definition) is 0. The lowest BCUT2D eigenvalue weighted by atomic mass is 9.96. The number of methoxy groups -OCH3 is 1. The van der Waals surface area contributed by atoms with Crippen LogP contribution in [-0.2, 0) is 16.0 Å². The van der Waals surface area contributed by atoms with Gasteiger partial charge in [-0.15, -0.1) is 0 Å². The third-order valence-electron chi connectivity index (χ3n) is 5.67. The molecule has 1 aromatic heterocycles. The Balaban J connectivity index is 1.38. The van der Waals surface area contributed by atoms with E-state index in [4.69, 9.17) is 14.0 Å². The summed E-state index contributed by atoms with van der Waals surface area (Å²) in [6.45, 7) is 3.45. The molecular weight excluding hydrogens is 386 g/mol. The average Bonchev–Trinajstić information content (AvgIpc) is 3.27. The molecule has 0 unspecified atom stereocenters. The van der Waals surface area contributed by atoms with Crippen LogP contribution in [0.4, 0.5) is 0 Å². The molecule has 4 rings (SSSR count). The van der Waals surface area contributed by atoms with Gasteiger partial charge in [0.1, 0.15) is 5.75 Å². The number of nitrogens with zero attached hydrogens (tertiary/aromatic N) is 3. The van der Waals surface area contributed by atoms with Gasteiger partial charge in [0.2, 0.25) is 11.7 Å². The fourth-order valence-electron chi connectivity index (χ4n) is 4.05. The lowest BCUT2D eigenvalue weighted by Crippen LogP contribution is -2.49. The molecular formula is C22H27N3O5. The number of carbonyl (C=O) groups excluding carboxylic acids is 2. The summed E-state index contributed by atoms with van der Waals surface area (Å²) >= 11 is 0. The van der Waals surface area contributed by atoms with Gasteiger partial charge in [0.25, 0.3) is 5.91 Å². The Labute approximate surface area is 175 Å². The lowest BCUT2D eigenvalue weighted by molar-refractivity contribution is -0.141. The second-order valence-electron chi connectivity index (χ2n) is 7.74. The zero-order valence-corrected chi connectivity index (χ0v) is 17.2. The number of ether oxygens (including phenoxy) is 2. The second-order valence-corrected chi connectivity index (χ2v) is 7.74. The summed E-state index contributed by atoms with van der Waals surface area (Å²) in [5.41, 5.74) is 1.71. The molecule has 8 heteroatoms. The van der Waals surface area contributed by atoms with E-state index in [0.29, 0.717) is 51.5 Å². The minimum atomic E-state index is -0.209. The van der Waals surface area contributed by atoms with E-state index in [9.17, 15) is 9.59 Å². The predicted octanol–water partition coefficient (Wildman–Crippen LogP) is 1.98. The van der Waals surface area contributed by atoms with Gasteiger partial charge in [-0.25, -0.2) is 0 Å². The maximum atomic E-state index is 12.9. The van der Waals surface area contributed by atoms with Crippen molar-refractivity contribution in [2.45, 2.75) is 19.3 Å². The molecule has 8 nitrogen and oxygen atoms in total. The van der Waals surface area contributed by atoms with E-state index in [1.165, 1.54) is 0 Å². The monoisotopic (exact) mass is 413 g/mol. The molecule has 2 fully saturated rings. The number of hydrogen-bond acceptors (Lipinski definition) is 6. The molecule has 0 bridgehead atoms. The van der Waals surface area contributed by atoms with Gasteiger partial charge in [0.05, 0.1) is 31.9 Å². The van der Waals surface area contributed by atoms with E-state index >= 15 is 0 Å². The first kappa shape index (κ1) is 20.4. The Morgan fingerprint density at radius 1 is 1.17 bits per heavy atom. The maximum absolute atomic E-state index is 12.9. The molecule has 3 heterocycles. The third-order valence-corrected chi connectivity index (χ3v) is 5.67. The number of piperidine rings is 1. The van der Waals surface area contributed by atoms with Crippen molar-refractivity contribution in [2.24, 2.45) is 5.92 Å². The number of rotatable bonds is 5. The second kappa shape index (κ2) is 9.30. The van der Waals surface area contributed by atoms with Gasteiger partial charge in [0.15, 0.2) is 0 Å². The van der Waals surface area contributed by atoms with E-state index in [-0.39, 0.29) is 23.5 Å². The summed E-state index contributed by atoms with van der Waals surface area (Å²) in [6.07, 6.45) is 2.15. The summed E-state index contributed by atoms with van der Waals surface area (Å²) in [4.78, 5) is 29.3. The minimum Gasteiger partial charge on any atom is -0.497 e. The van der Waals surface area contributed by atoms with Crippen molar-refractivity contribution < 1.29 is 23.6 Å². The topological polar surface area (TPSA) is 85.1 Å². The van der Waals surface area contributed by atoms with Crippen molar-refractivity contribution in [1.82, 2.24) is 15.0 Å². The average molecular weight is 413 g/mol. The van der Waals surface area contributed by atoms with Gasteiger partial charge < -0.3 is 23.8 Å². The van der Waals surface area contributed by atoms with Crippen LogP contribution in [0.2, 0.25) is 0 Å². The van der Waals surface area contributed by atoms with Gasteiger partial charge in [-0.3, -0.25) is 9.59 Å². The van der Waals surface area contributed by atoms with Crippen LogP contribution in [0.25, 0.3) is 0 Å². The van der Waals surface area contributed by atoms with Crippen LogP contribution in [-0.4, -0.2) is 73.3 Å². The number of amides is 2. The molecule has 1 atom stereocenters. The van der Waals surface area contributed by atoms with E-state index in [1.54, 1.807) is 18.1 Å². The highest BCUT2D eigenvalue weighted by molar-refractivity contribution is 5.92. The first-order chi connectivity index (χ1) is 14.6. The first-order valence-corrected chi connectivity index (χ1v) is 10.4. The van der Waals surface area contributed by atoms with Crippen LogP contribution in [0.1, 0.15) is 34.7 Å². The Kier molecular flexibility index (Phi) is 6.32. The predicted molar refractivity (Wildman–Crippen MR) is 108 cm³/mol. The highest BCUT2D eigenvalue weighted by atomic mass is 16.5. The van der Waals surface area contributed by atoms with E-state index < -0.39 is 0 Å². The molecule has 160 valence electrons. The standard InChI is InChI=1S/C22H27N3O5/c1-28-19-6-2-4-16(13-19)12-18-14-20(30-23-18)22(27)25-7-3-5-17(15-25)21(26)24-8-10-29-11-9-24/h2,4,6,13-14,17H,3,5,7-12,15H2,1H3/t17-/m0/s1. The molecule has 30 heavy (non-hydrogen) atoms. The zero-order valence-electron chi connectivity index (χ0n) is 17.2. The van der Waals surface area contributed by atoms with Crippen LogP contribution < -0.4 is 4.74 Å². The lowest BCUT2D eigenvalue weighted by Gasteiger charge is -2.35. The fraction of sp³-hybridized carbons (Fsp3) is 0.500. The van der Waals surface area contributed by atoms with Gasteiger partial charge in [-0.2, -0.15) is 0 Å². The maximum Gasteiger partial charge on any atom is 0.292 e. The minimum absolute atomic E-state index is 0.118. The smallest absolute Gasteiger partial charge is 0.292 e. The molecule has 2 saturated heterocycles. The quantitative estimate of drug-likeness (QED) is 0.745. The SMILES string of the molecule is COc1cccc(Cc2cc(C(=O)N3CCC[C@H](C(=O)N4CCOCC4)C3)on2)c1. The van der Waals surface area contributed by atoms with Crippen LogP contribution in [0.3, 0.4) is 0 Å². The van der Waals surface area contributed by atoms with E-state index in [0.717, 1.165) is 24.2 Å². The molecule has 0 N–H and O–H groups in total. The van der Waals surface area contributed by atoms with Crippen LogP contribution in [0.15, 0.2) is 34.9 Å². The highest BCUT2D eigenvalue weighted by Crippen LogP contribution is 2.22. The van der Waals surface area contributed by atoms with Crippen molar-refractivity contribution >= 4 is 11.8 Å². The largest absolute Gasteiger partial charge is 0.497 e. The van der Waals surface area contributed by atoms with Crippen LogP contribution >= 0.6 is 0 Å². The summed E-state index contributed by atoms with van der Waals surface area (Å²) in [7, 11) is 1.63. The molecule has 0 radical (unpaired) electrons. The molecule has 0 spiro atoms. The van der Waals surface area contributed by atoms with Crippen molar-refractivity contribution in [3.8, 4) is 5.75 Å². The third kappa shape index (κ3) is 4.64. The van der Waals surface area contributed by atoms with E-state index in [1.807, 2.05) is 29.2 Å². The first-order valence-electron chi connectivity index (χ1n) is 10.4. The molecule has 2 aromatic rings. The highest BCUT2D eigenvalue weighted by Gasteiger charge is 2.33. The number of benzene rings is 1. The van der Waals surface area contributed by atoms with Crippen molar-refractivity contribution in [1.29, 1.82) is 0 Å². The van der Waals surface area contributed by atoms with Gasteiger partial charge in [-0.1, -0.05) is 17.3 Å². The van der Waals surface area contributed by atoms with Crippen molar-refractivity contribution in [3.05, 3.63) is 47.3 Å². The molecule has 0 aliphatic carbocycles. The molecule has 0 saturated carbocycles. The summed E-state index contributed by atoms with van der Waals surface area (Å²) in [6, 6.07) is 9.40. The Bertz CT molecular complexity index is 890. The molecule has 2 amide bonds. The molecule has 2 aliphatic rings. The number of aromatic nitrogens is 1. The van der Waals surface area contributed by atoms with Crippen LogP contribution in [0.5, 0.6) is 5.75 Å². The number of likely N-dealkylation sites (tertiary alicyclic amines) is 1. The molecule has 1 aromatic carbocycles. The summed E-state index contributed by atoms with van der Waals surface area (Å²) < 4.78 is 15.9. The van der Waals surface area contributed by atoms with Crippen molar-refractivity contribution in [3.63, 3.8) is 0 Å². The Morgan fingerprint density at radius 3 is 2.80 bits per heavy atom. The van der Waals surface area contributed by atoms with Gasteiger partial charge in [0, 0.05) is 38.7 Å². The summed E-state index contributed by atoms with van der Waals surface area (Å²) in [5, 5.41) is 4.06. The number of carbonyl (C=O) groups is 2. The zero-order chi connectivity index (χ0) is 20.9. The van der Waals surface area contributed by atoms with E-state index in [2.05, 4.69) is 5.16 Å². The van der Waals surface area contributed by atoms with Crippen LogP contribution in [0, 0.1) is 5.92 Å². The Morgan fingerprint density at radius 2 is 2.00 bits per heavy atom. The number of morpholine rings is 1. The van der Waals surface area contributed by atoms with Crippen molar-refractivity contribution in [2.75, 3.05) is 46.5 Å². The normalized spacial score (nSPS) is 19.6. The summed E-state index contributed by atoms with van der Waals surface area (Å²) in [5.74, 6) is 0.731. The van der Waals surface area contributed by atoms with Gasteiger partial charge in [-0.05, 0) is 30.5 Å². The Hall–Kier alpha value is -2.87. The fourth-order valence-corrected chi connectivity index (χ4v) is 4.05.